The zero-order valence-corrected chi connectivity index (χ0v) is 16.9. The normalized spacial score (nSPS) is 31.6. The molecule has 11 heteroatoms. The molecule has 1 aliphatic carbocycles. The van der Waals surface area contributed by atoms with Gasteiger partial charge in [0.1, 0.15) is 18.8 Å². The molecule has 3 rings (SSSR count). The van der Waals surface area contributed by atoms with Crippen LogP contribution in [-0.2, 0) is 9.63 Å². The minimum atomic E-state index is -5.08. The molecule has 7 nitrogen and oxygen atoms in total. The number of aliphatic carboxylic acids is 1. The standard InChI is InChI=1S/C15H26N4OS.C2HF3O2/c1-3-18(13-6-4-12(2)5-7-13)19-15(9-20-19)17-11-21-10-14(17)8-16;3-2(4,5)1(6)7/h12-15H,3-7,9-11H2,1-2H3;(H,6,7). The molecule has 0 aromatic rings. The van der Waals surface area contributed by atoms with E-state index in [4.69, 9.17) is 14.7 Å². The number of rotatable bonds is 4. The van der Waals surface area contributed by atoms with E-state index < -0.39 is 12.1 Å². The molecule has 0 radical (unpaired) electrons. The number of thioether (sulfide) groups is 1. The minimum Gasteiger partial charge on any atom is -0.475 e. The summed E-state index contributed by atoms with van der Waals surface area (Å²) in [6, 6.07) is 3.07. The van der Waals surface area contributed by atoms with Crippen LogP contribution in [0.2, 0.25) is 0 Å². The molecule has 0 spiro atoms. The average Bonchev–Trinajstić information content (AvgIpc) is 3.07. The van der Waals surface area contributed by atoms with Crippen LogP contribution in [0.4, 0.5) is 13.2 Å². The second-order valence-electron chi connectivity index (χ2n) is 7.21. The Morgan fingerprint density at radius 2 is 1.96 bits per heavy atom. The van der Waals surface area contributed by atoms with Crippen molar-refractivity contribution < 1.29 is 27.9 Å². The van der Waals surface area contributed by atoms with E-state index in [1.54, 1.807) is 0 Å². The van der Waals surface area contributed by atoms with Crippen molar-refractivity contribution in [3.8, 4) is 6.07 Å². The molecule has 0 aromatic carbocycles. The van der Waals surface area contributed by atoms with Gasteiger partial charge in [-0.05, 0) is 31.6 Å². The summed E-state index contributed by atoms with van der Waals surface area (Å²) in [6.07, 6.45) is 0.333. The van der Waals surface area contributed by atoms with Crippen LogP contribution < -0.4 is 0 Å². The van der Waals surface area contributed by atoms with Gasteiger partial charge in [0, 0.05) is 24.2 Å². The third-order valence-corrected chi connectivity index (χ3v) is 6.32. The molecule has 3 fully saturated rings. The number of carboxylic acid groups (broad SMARTS) is 1. The van der Waals surface area contributed by atoms with Crippen LogP contribution in [0.15, 0.2) is 0 Å². The SMILES string of the molecule is CCN(C1CCC(C)CC1)N1OCC1N1CSCC1C#N.O=C(O)C(F)(F)F. The van der Waals surface area contributed by atoms with Crippen molar-refractivity contribution in [3.05, 3.63) is 0 Å². The van der Waals surface area contributed by atoms with Crippen LogP contribution in [0.1, 0.15) is 39.5 Å². The summed E-state index contributed by atoms with van der Waals surface area (Å²) in [5.41, 5.74) is 0. The van der Waals surface area contributed by atoms with Gasteiger partial charge in [-0.2, -0.15) is 18.4 Å². The zero-order valence-electron chi connectivity index (χ0n) is 16.1. The van der Waals surface area contributed by atoms with Gasteiger partial charge in [0.2, 0.25) is 0 Å². The van der Waals surface area contributed by atoms with Crippen molar-refractivity contribution in [1.29, 1.82) is 5.26 Å². The predicted octanol–water partition coefficient (Wildman–Crippen LogP) is 2.91. The Kier molecular flexibility index (Phi) is 8.39. The zero-order chi connectivity index (χ0) is 20.9. The second kappa shape index (κ2) is 10.1. The van der Waals surface area contributed by atoms with Crippen LogP contribution >= 0.6 is 11.8 Å². The maximum Gasteiger partial charge on any atom is 0.490 e. The Hall–Kier alpha value is -1.06. The number of alkyl halides is 3. The van der Waals surface area contributed by atoms with Crippen molar-refractivity contribution in [1.82, 2.24) is 15.1 Å². The van der Waals surface area contributed by atoms with Crippen LogP contribution in [0.25, 0.3) is 0 Å². The highest BCUT2D eigenvalue weighted by atomic mass is 32.2. The number of halogens is 3. The van der Waals surface area contributed by atoms with Gasteiger partial charge in [0.25, 0.3) is 0 Å². The highest BCUT2D eigenvalue weighted by Crippen LogP contribution is 2.34. The van der Waals surface area contributed by atoms with Crippen molar-refractivity contribution >= 4 is 17.7 Å². The van der Waals surface area contributed by atoms with Gasteiger partial charge in [-0.1, -0.05) is 13.8 Å². The molecule has 28 heavy (non-hydrogen) atoms. The summed E-state index contributed by atoms with van der Waals surface area (Å²) in [5.74, 6) is -0.0193. The summed E-state index contributed by atoms with van der Waals surface area (Å²) in [5, 5.41) is 20.9. The fourth-order valence-corrected chi connectivity index (χ4v) is 4.79. The van der Waals surface area contributed by atoms with Crippen molar-refractivity contribution in [2.45, 2.75) is 64.0 Å². The molecule has 2 unspecified atom stereocenters. The molecule has 1 N–H and O–H groups in total. The molecule has 3 aliphatic rings. The molecule has 1 saturated carbocycles. The molecule has 2 atom stereocenters. The monoisotopic (exact) mass is 424 g/mol. The van der Waals surface area contributed by atoms with Gasteiger partial charge < -0.3 is 5.11 Å². The summed E-state index contributed by atoms with van der Waals surface area (Å²) < 4.78 is 31.7. The van der Waals surface area contributed by atoms with Gasteiger partial charge in [-0.3, -0.25) is 9.74 Å². The van der Waals surface area contributed by atoms with E-state index in [-0.39, 0.29) is 12.2 Å². The number of nitrogens with zero attached hydrogens (tertiary/aromatic N) is 4. The van der Waals surface area contributed by atoms with Gasteiger partial charge in [-0.25, -0.2) is 9.80 Å². The van der Waals surface area contributed by atoms with E-state index >= 15 is 0 Å². The first-order valence-electron chi connectivity index (χ1n) is 9.40. The molecule has 0 amide bonds. The lowest BCUT2D eigenvalue weighted by Gasteiger charge is -2.52. The van der Waals surface area contributed by atoms with Crippen LogP contribution in [0, 0.1) is 17.2 Å². The molecule has 2 saturated heterocycles. The fourth-order valence-electron chi connectivity index (χ4n) is 3.64. The lowest BCUT2D eigenvalue weighted by molar-refractivity contribution is -0.424. The average molecular weight is 424 g/mol. The van der Waals surface area contributed by atoms with E-state index in [0.29, 0.717) is 6.04 Å². The predicted molar refractivity (Wildman–Crippen MR) is 97.6 cm³/mol. The Balaban J connectivity index is 0.000000345. The lowest BCUT2D eigenvalue weighted by Crippen LogP contribution is -2.68. The number of hydrogen-bond donors (Lipinski definition) is 1. The summed E-state index contributed by atoms with van der Waals surface area (Å²) >= 11 is 1.85. The number of hydroxylamine groups is 1. The molecular weight excluding hydrogens is 397 g/mol. The lowest BCUT2D eigenvalue weighted by atomic mass is 9.87. The fraction of sp³-hybridized carbons (Fsp3) is 0.882. The number of carboxylic acids is 1. The van der Waals surface area contributed by atoms with Gasteiger partial charge in [-0.15, -0.1) is 16.9 Å². The van der Waals surface area contributed by atoms with E-state index in [2.05, 4.69) is 35.0 Å². The highest BCUT2D eigenvalue weighted by molar-refractivity contribution is 7.99. The van der Waals surface area contributed by atoms with E-state index in [9.17, 15) is 18.4 Å². The van der Waals surface area contributed by atoms with Crippen LogP contribution in [-0.4, -0.2) is 75.4 Å². The highest BCUT2D eigenvalue weighted by Gasteiger charge is 2.45. The summed E-state index contributed by atoms with van der Waals surface area (Å²) in [7, 11) is 0. The smallest absolute Gasteiger partial charge is 0.475 e. The Bertz CT molecular complexity index is 567. The maximum absolute atomic E-state index is 10.6. The second-order valence-corrected chi connectivity index (χ2v) is 8.21. The van der Waals surface area contributed by atoms with Gasteiger partial charge in [0.05, 0.1) is 6.07 Å². The molecule has 2 aliphatic heterocycles. The Morgan fingerprint density at radius 1 is 1.36 bits per heavy atom. The summed E-state index contributed by atoms with van der Waals surface area (Å²) in [4.78, 5) is 17.0. The Labute approximate surface area is 167 Å². The largest absolute Gasteiger partial charge is 0.490 e. The molecular formula is C17H27F3N4O3S. The van der Waals surface area contributed by atoms with E-state index in [0.717, 1.165) is 30.7 Å². The maximum atomic E-state index is 10.6. The van der Waals surface area contributed by atoms with Crippen molar-refractivity contribution in [3.63, 3.8) is 0 Å². The first-order valence-corrected chi connectivity index (χ1v) is 10.6. The third-order valence-electron chi connectivity index (χ3n) is 5.29. The summed E-state index contributed by atoms with van der Waals surface area (Å²) in [6.45, 7) is 6.26. The van der Waals surface area contributed by atoms with Crippen LogP contribution in [0.5, 0.6) is 0 Å². The number of carbonyl (C=O) groups is 1. The molecule has 160 valence electrons. The minimum absolute atomic E-state index is 0.0384. The van der Waals surface area contributed by atoms with Gasteiger partial charge in [0.15, 0.2) is 0 Å². The number of nitriles is 1. The molecule has 0 aromatic heterocycles. The van der Waals surface area contributed by atoms with Crippen LogP contribution in [0.3, 0.4) is 0 Å². The number of hydrogen-bond acceptors (Lipinski definition) is 7. The molecule has 2 heterocycles. The Morgan fingerprint density at radius 3 is 2.39 bits per heavy atom. The van der Waals surface area contributed by atoms with Gasteiger partial charge >= 0.3 is 12.1 Å². The topological polar surface area (TPSA) is 80.0 Å². The third kappa shape index (κ3) is 5.73. The molecule has 0 bridgehead atoms. The van der Waals surface area contributed by atoms with E-state index in [1.807, 2.05) is 11.8 Å². The number of hydrazine groups is 1. The first-order chi connectivity index (χ1) is 13.2. The first kappa shape index (κ1) is 23.2. The van der Waals surface area contributed by atoms with E-state index in [1.165, 1.54) is 25.7 Å². The quantitative estimate of drug-likeness (QED) is 0.738. The van der Waals surface area contributed by atoms with Crippen molar-refractivity contribution in [2.75, 3.05) is 24.8 Å². The van der Waals surface area contributed by atoms with Crippen molar-refractivity contribution in [2.24, 2.45) is 5.92 Å².